The van der Waals surface area contributed by atoms with E-state index in [0.717, 1.165) is 8.04 Å². The minimum Gasteiger partial charge on any atom is -0.545 e. The smallest absolute Gasteiger partial charge is 0.0716 e. The second-order valence-corrected chi connectivity index (χ2v) is 4.11. The van der Waals surface area contributed by atoms with Gasteiger partial charge in [-0.25, -0.2) is 0 Å². The number of aromatic carboxylic acids is 1. The number of benzene rings is 1. The van der Waals surface area contributed by atoms with Gasteiger partial charge in [0, 0.05) is 8.04 Å². The molecule has 11 heavy (non-hydrogen) atoms. The Kier molecular flexibility index (Phi) is 2.89. The Hall–Kier alpha value is -0.100. The van der Waals surface area contributed by atoms with Crippen LogP contribution in [0.1, 0.15) is 10.4 Å². The Bertz CT molecular complexity index is 278. The van der Waals surface area contributed by atoms with Crippen molar-refractivity contribution in [2.24, 2.45) is 0 Å². The predicted octanol–water partition coefficient (Wildman–Crippen LogP) is 1.42. The van der Waals surface area contributed by atoms with Crippen molar-refractivity contribution in [3.63, 3.8) is 0 Å². The van der Waals surface area contributed by atoms with Crippen LogP contribution in [0.2, 0.25) is 0 Å². The summed E-state index contributed by atoms with van der Waals surface area (Å²) in [5.74, 6) is -1.15. The lowest BCUT2D eigenvalue weighted by atomic mass is 10.2. The zero-order chi connectivity index (χ0) is 8.43. The molecule has 0 unspecified atom stereocenters. The van der Waals surface area contributed by atoms with Crippen molar-refractivity contribution in [3.8, 4) is 0 Å². The van der Waals surface area contributed by atoms with Crippen LogP contribution in [-0.4, -0.2) is 5.97 Å². The summed E-state index contributed by atoms with van der Waals surface area (Å²) in [6, 6.07) is 4.89. The number of halogens is 2. The minimum atomic E-state index is -1.15. The van der Waals surface area contributed by atoms with Crippen LogP contribution in [0.4, 0.5) is 0 Å². The number of carboxylic acids is 1. The van der Waals surface area contributed by atoms with E-state index >= 15 is 0 Å². The van der Waals surface area contributed by atoms with Crippen LogP contribution >= 0.6 is 38.5 Å². The number of rotatable bonds is 1. The second-order valence-electron chi connectivity index (χ2n) is 1.95. The number of carbonyl (C=O) groups is 1. The Morgan fingerprint density at radius 1 is 1.45 bits per heavy atom. The molecule has 0 amide bonds. The fraction of sp³-hybridized carbons (Fsp3) is 0. The molecule has 0 fully saturated rings. The van der Waals surface area contributed by atoms with E-state index in [1.807, 2.05) is 28.7 Å². The molecular weight excluding hydrogens is 323 g/mol. The van der Waals surface area contributed by atoms with Crippen LogP contribution in [-0.2, 0) is 0 Å². The zero-order valence-corrected chi connectivity index (χ0v) is 9.05. The van der Waals surface area contributed by atoms with Crippen LogP contribution in [0.5, 0.6) is 0 Å². The van der Waals surface area contributed by atoms with Crippen molar-refractivity contribution < 1.29 is 9.90 Å². The standard InChI is InChI=1S/C7H4BrIO2/c8-5-1-4(7(10)11)2-6(9)3-5/h1-3H,(H,10,11)/p-1. The molecule has 0 radical (unpaired) electrons. The summed E-state index contributed by atoms with van der Waals surface area (Å²) < 4.78 is 1.62. The van der Waals surface area contributed by atoms with Crippen LogP contribution < -0.4 is 5.11 Å². The molecule has 0 aliphatic rings. The normalized spacial score (nSPS) is 9.64. The summed E-state index contributed by atoms with van der Waals surface area (Å²) >= 11 is 5.23. The number of hydrogen-bond donors (Lipinski definition) is 0. The predicted molar refractivity (Wildman–Crippen MR) is 51.2 cm³/mol. The Morgan fingerprint density at radius 2 is 2.09 bits per heavy atom. The molecule has 0 aromatic heterocycles. The Labute approximate surface area is 85.9 Å². The first-order valence-corrected chi connectivity index (χ1v) is 4.64. The van der Waals surface area contributed by atoms with Crippen molar-refractivity contribution in [2.75, 3.05) is 0 Å². The van der Waals surface area contributed by atoms with Crippen molar-refractivity contribution in [2.45, 2.75) is 0 Å². The third kappa shape index (κ3) is 2.44. The van der Waals surface area contributed by atoms with Gasteiger partial charge in [0.1, 0.15) is 0 Å². The van der Waals surface area contributed by atoms with E-state index in [1.165, 1.54) is 6.07 Å². The maximum atomic E-state index is 10.4. The van der Waals surface area contributed by atoms with Gasteiger partial charge in [-0.05, 0) is 46.4 Å². The molecule has 0 aliphatic heterocycles. The molecule has 58 valence electrons. The van der Waals surface area contributed by atoms with Crippen molar-refractivity contribution >= 4 is 44.5 Å². The SMILES string of the molecule is O=C([O-])c1cc(Br)cc(I)c1. The Balaban J connectivity index is 3.19. The van der Waals surface area contributed by atoms with Crippen LogP contribution in [0.25, 0.3) is 0 Å². The molecule has 1 rings (SSSR count). The third-order valence-corrected chi connectivity index (χ3v) is 2.18. The highest BCUT2D eigenvalue weighted by Crippen LogP contribution is 2.16. The molecule has 0 heterocycles. The fourth-order valence-electron chi connectivity index (χ4n) is 0.672. The molecule has 1 aromatic carbocycles. The fourth-order valence-corrected chi connectivity index (χ4v) is 2.26. The van der Waals surface area contributed by atoms with Crippen molar-refractivity contribution in [3.05, 3.63) is 31.8 Å². The third-order valence-electron chi connectivity index (χ3n) is 1.10. The maximum Gasteiger partial charge on any atom is 0.0716 e. The summed E-state index contributed by atoms with van der Waals surface area (Å²) in [5.41, 5.74) is 0.198. The molecular formula is C7H3BrIO2-. The quantitative estimate of drug-likeness (QED) is 0.733. The number of hydrogen-bond acceptors (Lipinski definition) is 2. The molecule has 1 aromatic rings. The van der Waals surface area contributed by atoms with E-state index in [9.17, 15) is 9.90 Å². The van der Waals surface area contributed by atoms with Gasteiger partial charge in [-0.1, -0.05) is 15.9 Å². The van der Waals surface area contributed by atoms with Gasteiger partial charge >= 0.3 is 0 Å². The lowest BCUT2D eigenvalue weighted by Gasteiger charge is -2.02. The lowest BCUT2D eigenvalue weighted by Crippen LogP contribution is -2.22. The monoisotopic (exact) mass is 325 g/mol. The largest absolute Gasteiger partial charge is 0.545 e. The van der Waals surface area contributed by atoms with Gasteiger partial charge in [-0.15, -0.1) is 0 Å². The molecule has 0 aliphatic carbocycles. The van der Waals surface area contributed by atoms with E-state index in [4.69, 9.17) is 0 Å². The summed E-state index contributed by atoms with van der Waals surface area (Å²) in [7, 11) is 0. The van der Waals surface area contributed by atoms with Crippen molar-refractivity contribution in [1.29, 1.82) is 0 Å². The zero-order valence-electron chi connectivity index (χ0n) is 5.30. The molecule has 0 bridgehead atoms. The first-order valence-electron chi connectivity index (χ1n) is 2.77. The minimum absolute atomic E-state index is 0.198. The average molecular weight is 326 g/mol. The molecule has 0 saturated carbocycles. The average Bonchev–Trinajstić information content (AvgIpc) is 1.85. The molecule has 0 saturated heterocycles. The summed E-state index contributed by atoms with van der Waals surface area (Å²) in [6.45, 7) is 0. The Morgan fingerprint density at radius 3 is 2.55 bits per heavy atom. The van der Waals surface area contributed by atoms with Gasteiger partial charge in [-0.2, -0.15) is 0 Å². The van der Waals surface area contributed by atoms with E-state index in [1.54, 1.807) is 6.07 Å². The van der Waals surface area contributed by atoms with Crippen LogP contribution in [0.3, 0.4) is 0 Å². The summed E-state index contributed by atoms with van der Waals surface area (Å²) in [6.07, 6.45) is 0. The van der Waals surface area contributed by atoms with E-state index < -0.39 is 5.97 Å². The van der Waals surface area contributed by atoms with Crippen LogP contribution in [0, 0.1) is 3.57 Å². The highest BCUT2D eigenvalue weighted by Gasteiger charge is 1.96. The van der Waals surface area contributed by atoms with Gasteiger partial charge < -0.3 is 9.90 Å². The number of carbonyl (C=O) groups excluding carboxylic acids is 1. The van der Waals surface area contributed by atoms with E-state index in [0.29, 0.717) is 0 Å². The van der Waals surface area contributed by atoms with E-state index in [-0.39, 0.29) is 5.56 Å². The number of carboxylic acid groups (broad SMARTS) is 1. The van der Waals surface area contributed by atoms with Gasteiger partial charge in [0.05, 0.1) is 5.97 Å². The topological polar surface area (TPSA) is 40.1 Å². The highest BCUT2D eigenvalue weighted by molar-refractivity contribution is 14.1. The molecule has 0 N–H and O–H groups in total. The maximum absolute atomic E-state index is 10.4. The molecule has 0 atom stereocenters. The van der Waals surface area contributed by atoms with Gasteiger partial charge in [0.15, 0.2) is 0 Å². The first kappa shape index (κ1) is 8.99. The van der Waals surface area contributed by atoms with Crippen molar-refractivity contribution in [1.82, 2.24) is 0 Å². The molecule has 0 spiro atoms. The molecule has 2 nitrogen and oxygen atoms in total. The lowest BCUT2D eigenvalue weighted by molar-refractivity contribution is -0.255. The van der Waals surface area contributed by atoms with Crippen LogP contribution in [0.15, 0.2) is 22.7 Å². The van der Waals surface area contributed by atoms with Gasteiger partial charge in [0.25, 0.3) is 0 Å². The first-order chi connectivity index (χ1) is 5.09. The van der Waals surface area contributed by atoms with Gasteiger partial charge in [0.2, 0.25) is 0 Å². The summed E-state index contributed by atoms with van der Waals surface area (Å²) in [5, 5.41) is 10.4. The summed E-state index contributed by atoms with van der Waals surface area (Å²) in [4.78, 5) is 10.4. The second kappa shape index (κ2) is 3.53. The molecule has 4 heteroatoms. The highest BCUT2D eigenvalue weighted by atomic mass is 127. The van der Waals surface area contributed by atoms with Gasteiger partial charge in [-0.3, -0.25) is 0 Å². The van der Waals surface area contributed by atoms with E-state index in [2.05, 4.69) is 15.9 Å².